The molecule has 1 aliphatic rings. The Morgan fingerprint density at radius 3 is 2.23 bits per heavy atom. The summed E-state index contributed by atoms with van der Waals surface area (Å²) in [6.07, 6.45) is 0. The van der Waals surface area contributed by atoms with E-state index >= 15 is 0 Å². The first kappa shape index (κ1) is 23.6. The Bertz CT molecular complexity index is 1270. The Balaban J connectivity index is 1.74. The molecule has 178 valence electrons. The topological polar surface area (TPSA) is 103 Å². The average Bonchev–Trinajstić information content (AvgIpc) is 2.89. The lowest BCUT2D eigenvalue weighted by Crippen LogP contribution is -2.45. The van der Waals surface area contributed by atoms with Crippen molar-refractivity contribution in [2.45, 2.75) is 13.0 Å². The van der Waals surface area contributed by atoms with E-state index in [9.17, 15) is 14.4 Å². The Morgan fingerprint density at radius 2 is 1.57 bits per heavy atom. The number of urea groups is 1. The van der Waals surface area contributed by atoms with Gasteiger partial charge in [0.1, 0.15) is 0 Å². The third-order valence-corrected chi connectivity index (χ3v) is 5.36. The van der Waals surface area contributed by atoms with Crippen LogP contribution in [0.3, 0.4) is 0 Å². The predicted octanol–water partition coefficient (Wildman–Crippen LogP) is 4.24. The van der Waals surface area contributed by atoms with Crippen LogP contribution in [0.15, 0.2) is 84.4 Å². The summed E-state index contributed by atoms with van der Waals surface area (Å²) >= 11 is 0. The molecule has 1 unspecified atom stereocenters. The first-order chi connectivity index (χ1) is 17.0. The number of rotatable bonds is 7. The highest BCUT2D eigenvalue weighted by Gasteiger charge is 2.35. The van der Waals surface area contributed by atoms with Gasteiger partial charge in [-0.3, -0.25) is 0 Å². The summed E-state index contributed by atoms with van der Waals surface area (Å²) in [5.41, 5.74) is 2.21. The standard InChI is InChI=1S/C27H24N2O6/c1-3-34-26(31)22-23(17-10-6-4-7-11-17)28-27(32)29-24(22)19-14-15-20(21(16-19)33-2)35-25(30)18-12-8-5-9-13-18/h4-16,24H,3H2,1-2H3,(H2,28,29,32). The zero-order valence-electron chi connectivity index (χ0n) is 19.2. The summed E-state index contributed by atoms with van der Waals surface area (Å²) in [6, 6.07) is 21.2. The number of carbonyl (C=O) groups is 3. The number of hydrogen-bond donors (Lipinski definition) is 2. The van der Waals surface area contributed by atoms with Crippen LogP contribution in [0.2, 0.25) is 0 Å². The van der Waals surface area contributed by atoms with Crippen molar-refractivity contribution in [3.05, 3.63) is 101 Å². The van der Waals surface area contributed by atoms with Crippen LogP contribution in [0.5, 0.6) is 11.5 Å². The maximum absolute atomic E-state index is 13.0. The van der Waals surface area contributed by atoms with E-state index in [2.05, 4.69) is 10.6 Å². The number of benzene rings is 3. The molecule has 8 nitrogen and oxygen atoms in total. The van der Waals surface area contributed by atoms with Crippen LogP contribution >= 0.6 is 0 Å². The smallest absolute Gasteiger partial charge is 0.343 e. The van der Waals surface area contributed by atoms with Gasteiger partial charge in [-0.2, -0.15) is 0 Å². The molecule has 1 aliphatic heterocycles. The molecule has 35 heavy (non-hydrogen) atoms. The van der Waals surface area contributed by atoms with E-state index in [1.165, 1.54) is 7.11 Å². The number of esters is 2. The molecule has 3 aromatic carbocycles. The van der Waals surface area contributed by atoms with E-state index in [1.807, 2.05) is 18.2 Å². The van der Waals surface area contributed by atoms with Crippen LogP contribution in [0.1, 0.15) is 34.5 Å². The minimum Gasteiger partial charge on any atom is -0.493 e. The summed E-state index contributed by atoms with van der Waals surface area (Å²) in [7, 11) is 1.44. The third-order valence-electron chi connectivity index (χ3n) is 5.36. The predicted molar refractivity (Wildman–Crippen MR) is 129 cm³/mol. The van der Waals surface area contributed by atoms with Crippen molar-refractivity contribution in [2.75, 3.05) is 13.7 Å². The molecule has 1 heterocycles. The van der Waals surface area contributed by atoms with Gasteiger partial charge in [-0.05, 0) is 42.3 Å². The molecule has 0 aromatic heterocycles. The van der Waals surface area contributed by atoms with Crippen LogP contribution in [0.25, 0.3) is 5.70 Å². The first-order valence-electron chi connectivity index (χ1n) is 11.0. The van der Waals surface area contributed by atoms with Crippen molar-refractivity contribution in [1.82, 2.24) is 10.6 Å². The number of ether oxygens (including phenoxy) is 3. The fourth-order valence-corrected chi connectivity index (χ4v) is 3.76. The van der Waals surface area contributed by atoms with E-state index in [4.69, 9.17) is 14.2 Å². The minimum absolute atomic E-state index is 0.169. The van der Waals surface area contributed by atoms with Gasteiger partial charge in [-0.25, -0.2) is 14.4 Å². The van der Waals surface area contributed by atoms with Crippen molar-refractivity contribution >= 4 is 23.7 Å². The van der Waals surface area contributed by atoms with Gasteiger partial charge in [0.25, 0.3) is 0 Å². The molecule has 0 saturated heterocycles. The van der Waals surface area contributed by atoms with Gasteiger partial charge in [-0.15, -0.1) is 0 Å². The fourth-order valence-electron chi connectivity index (χ4n) is 3.76. The van der Waals surface area contributed by atoms with Gasteiger partial charge >= 0.3 is 18.0 Å². The Morgan fingerprint density at radius 1 is 0.886 bits per heavy atom. The number of carbonyl (C=O) groups excluding carboxylic acids is 3. The van der Waals surface area contributed by atoms with Gasteiger partial charge in [0.05, 0.1) is 36.6 Å². The number of methoxy groups -OCH3 is 1. The second kappa shape index (κ2) is 10.6. The number of hydrogen-bond acceptors (Lipinski definition) is 6. The molecule has 0 radical (unpaired) electrons. The highest BCUT2D eigenvalue weighted by molar-refractivity contribution is 6.04. The van der Waals surface area contributed by atoms with Crippen LogP contribution in [0.4, 0.5) is 4.79 Å². The fraction of sp³-hybridized carbons (Fsp3) is 0.148. The SMILES string of the molecule is CCOC(=O)C1=C(c2ccccc2)NC(=O)NC1c1ccc(OC(=O)c2ccccc2)c(OC)c1. The molecule has 0 aliphatic carbocycles. The summed E-state index contributed by atoms with van der Waals surface area (Å²) in [6.45, 7) is 1.88. The van der Waals surface area contributed by atoms with Gasteiger partial charge in [0, 0.05) is 0 Å². The summed E-state index contributed by atoms with van der Waals surface area (Å²) < 4.78 is 16.3. The molecule has 4 rings (SSSR count). The van der Waals surface area contributed by atoms with E-state index in [0.717, 1.165) is 0 Å². The molecule has 3 aromatic rings. The van der Waals surface area contributed by atoms with Gasteiger partial charge in [0.2, 0.25) is 0 Å². The monoisotopic (exact) mass is 472 g/mol. The number of amides is 2. The Labute approximate surface area is 202 Å². The quantitative estimate of drug-likeness (QED) is 0.394. The van der Waals surface area contributed by atoms with E-state index in [-0.39, 0.29) is 23.7 Å². The molecule has 0 bridgehead atoms. The van der Waals surface area contributed by atoms with Gasteiger partial charge in [0.15, 0.2) is 11.5 Å². The Hall–Kier alpha value is -4.59. The van der Waals surface area contributed by atoms with Gasteiger partial charge in [-0.1, -0.05) is 54.6 Å². The summed E-state index contributed by atoms with van der Waals surface area (Å²) in [4.78, 5) is 38.1. The maximum atomic E-state index is 13.0. The van der Waals surface area contributed by atoms with Gasteiger partial charge < -0.3 is 24.8 Å². The molecule has 0 saturated carbocycles. The lowest BCUT2D eigenvalue weighted by Gasteiger charge is -2.29. The largest absolute Gasteiger partial charge is 0.493 e. The molecule has 2 N–H and O–H groups in total. The van der Waals surface area contributed by atoms with E-state index < -0.39 is 24.0 Å². The lowest BCUT2D eigenvalue weighted by molar-refractivity contribution is -0.138. The lowest BCUT2D eigenvalue weighted by atomic mass is 9.92. The maximum Gasteiger partial charge on any atom is 0.343 e. The second-order valence-electron chi connectivity index (χ2n) is 7.57. The van der Waals surface area contributed by atoms with E-state index in [0.29, 0.717) is 22.4 Å². The number of nitrogens with one attached hydrogen (secondary N) is 2. The minimum atomic E-state index is -0.828. The molecule has 8 heteroatoms. The van der Waals surface area contributed by atoms with Crippen LogP contribution < -0.4 is 20.1 Å². The zero-order valence-corrected chi connectivity index (χ0v) is 19.2. The highest BCUT2D eigenvalue weighted by Crippen LogP contribution is 2.36. The van der Waals surface area contributed by atoms with E-state index in [1.54, 1.807) is 67.6 Å². The Kier molecular flexibility index (Phi) is 7.11. The first-order valence-corrected chi connectivity index (χ1v) is 11.0. The molecular formula is C27H24N2O6. The van der Waals surface area contributed by atoms with Crippen molar-refractivity contribution in [3.63, 3.8) is 0 Å². The van der Waals surface area contributed by atoms with Crippen molar-refractivity contribution in [2.24, 2.45) is 0 Å². The third kappa shape index (κ3) is 5.16. The van der Waals surface area contributed by atoms with Crippen LogP contribution in [0, 0.1) is 0 Å². The molecule has 2 amide bonds. The normalized spacial score (nSPS) is 15.0. The van der Waals surface area contributed by atoms with Crippen molar-refractivity contribution in [3.8, 4) is 11.5 Å². The summed E-state index contributed by atoms with van der Waals surface area (Å²) in [5.74, 6) is -0.632. The second-order valence-corrected chi connectivity index (χ2v) is 7.57. The molecule has 0 fully saturated rings. The molecular weight excluding hydrogens is 448 g/mol. The molecule has 0 spiro atoms. The van der Waals surface area contributed by atoms with Crippen LogP contribution in [-0.4, -0.2) is 31.7 Å². The zero-order chi connectivity index (χ0) is 24.8. The average molecular weight is 472 g/mol. The highest BCUT2D eigenvalue weighted by atomic mass is 16.6. The van der Waals surface area contributed by atoms with Crippen molar-refractivity contribution in [1.29, 1.82) is 0 Å². The summed E-state index contributed by atoms with van der Waals surface area (Å²) in [5, 5.41) is 5.52. The van der Waals surface area contributed by atoms with Crippen LogP contribution in [-0.2, 0) is 9.53 Å². The molecule has 1 atom stereocenters. The van der Waals surface area contributed by atoms with Crippen molar-refractivity contribution < 1.29 is 28.6 Å².